The Morgan fingerprint density at radius 2 is 2.17 bits per heavy atom. The summed E-state index contributed by atoms with van der Waals surface area (Å²) in [4.78, 5) is 25.2. The van der Waals surface area contributed by atoms with Crippen molar-refractivity contribution in [3.63, 3.8) is 0 Å². The highest BCUT2D eigenvalue weighted by atomic mass is 16.6. The molecule has 0 spiro atoms. The molecule has 1 atom stereocenters. The summed E-state index contributed by atoms with van der Waals surface area (Å²) >= 11 is 0. The second kappa shape index (κ2) is 6.66. The van der Waals surface area contributed by atoms with E-state index in [4.69, 9.17) is 0 Å². The summed E-state index contributed by atoms with van der Waals surface area (Å²) in [5.74, 6) is 0.382. The van der Waals surface area contributed by atoms with Gasteiger partial charge in [-0.1, -0.05) is 12.8 Å². The molecule has 1 aromatic rings. The molecule has 1 saturated carbocycles. The quantitative estimate of drug-likeness (QED) is 0.652. The first kappa shape index (κ1) is 15.9. The smallest absolute Gasteiger partial charge is 0.320 e. The molecule has 126 valence electrons. The Hall–Kier alpha value is -1.96. The fraction of sp³-hybridized carbons (Fsp3) is 0.733. The molecule has 1 aliphatic carbocycles. The SMILES string of the molecule is Cn1ncc([N+](=O)[O-])c1C(=O)N[C@H]1CCN(CC2CCCC2)C1. The summed E-state index contributed by atoms with van der Waals surface area (Å²) in [6, 6.07) is 0.0541. The van der Waals surface area contributed by atoms with Crippen LogP contribution in [0.2, 0.25) is 0 Å². The zero-order valence-electron chi connectivity index (χ0n) is 13.4. The number of nitrogens with one attached hydrogen (secondary N) is 1. The van der Waals surface area contributed by atoms with E-state index in [1.54, 1.807) is 7.05 Å². The van der Waals surface area contributed by atoms with Crippen LogP contribution in [-0.2, 0) is 7.05 Å². The van der Waals surface area contributed by atoms with E-state index in [-0.39, 0.29) is 17.4 Å². The molecule has 2 fully saturated rings. The van der Waals surface area contributed by atoms with Crippen molar-refractivity contribution in [2.75, 3.05) is 19.6 Å². The fourth-order valence-electron chi connectivity index (χ4n) is 3.75. The molecule has 3 rings (SSSR count). The number of likely N-dealkylation sites (tertiary alicyclic amines) is 1. The van der Waals surface area contributed by atoms with E-state index in [0.717, 1.165) is 38.2 Å². The van der Waals surface area contributed by atoms with Crippen molar-refractivity contribution < 1.29 is 9.72 Å². The number of aryl methyl sites for hydroxylation is 1. The molecule has 8 nitrogen and oxygen atoms in total. The van der Waals surface area contributed by atoms with Gasteiger partial charge in [-0.2, -0.15) is 5.10 Å². The molecule has 0 unspecified atom stereocenters. The van der Waals surface area contributed by atoms with Gasteiger partial charge in [0.25, 0.3) is 5.91 Å². The van der Waals surface area contributed by atoms with E-state index in [0.29, 0.717) is 0 Å². The highest BCUT2D eigenvalue weighted by molar-refractivity contribution is 5.96. The number of amides is 1. The van der Waals surface area contributed by atoms with Gasteiger partial charge in [-0.3, -0.25) is 19.6 Å². The van der Waals surface area contributed by atoms with Gasteiger partial charge in [-0.05, 0) is 25.2 Å². The van der Waals surface area contributed by atoms with E-state index in [1.807, 2.05) is 0 Å². The van der Waals surface area contributed by atoms with Crippen molar-refractivity contribution in [2.24, 2.45) is 13.0 Å². The molecule has 0 radical (unpaired) electrons. The van der Waals surface area contributed by atoms with Crippen LogP contribution in [0.25, 0.3) is 0 Å². The van der Waals surface area contributed by atoms with Crippen molar-refractivity contribution in [2.45, 2.75) is 38.1 Å². The molecule has 2 heterocycles. The third-order valence-corrected chi connectivity index (χ3v) is 4.93. The summed E-state index contributed by atoms with van der Waals surface area (Å²) < 4.78 is 1.26. The van der Waals surface area contributed by atoms with Crippen molar-refractivity contribution in [3.8, 4) is 0 Å². The molecule has 2 aliphatic rings. The van der Waals surface area contributed by atoms with Crippen LogP contribution in [0.15, 0.2) is 6.20 Å². The number of carbonyl (C=O) groups excluding carboxylic acids is 1. The van der Waals surface area contributed by atoms with E-state index in [2.05, 4.69) is 15.3 Å². The average molecular weight is 321 g/mol. The molecule has 8 heteroatoms. The lowest BCUT2D eigenvalue weighted by Crippen LogP contribution is -2.38. The lowest BCUT2D eigenvalue weighted by Gasteiger charge is -2.20. The Balaban J connectivity index is 1.56. The molecule has 1 N–H and O–H groups in total. The van der Waals surface area contributed by atoms with Crippen LogP contribution in [0.5, 0.6) is 0 Å². The molecule has 1 aliphatic heterocycles. The maximum atomic E-state index is 12.4. The minimum absolute atomic E-state index is 0.0178. The van der Waals surface area contributed by atoms with E-state index >= 15 is 0 Å². The summed E-state index contributed by atoms with van der Waals surface area (Å²) in [5.41, 5.74) is -0.227. The van der Waals surface area contributed by atoms with Crippen LogP contribution in [0.1, 0.15) is 42.6 Å². The van der Waals surface area contributed by atoms with Crippen LogP contribution < -0.4 is 5.32 Å². The maximum absolute atomic E-state index is 12.4. The number of nitro groups is 1. The summed E-state index contributed by atoms with van der Waals surface area (Å²) in [5, 5.41) is 17.7. The molecule has 1 saturated heterocycles. The zero-order chi connectivity index (χ0) is 16.4. The second-order valence-corrected chi connectivity index (χ2v) is 6.63. The normalized spacial score (nSPS) is 22.6. The van der Waals surface area contributed by atoms with Gasteiger partial charge in [0.1, 0.15) is 6.20 Å². The first-order valence-electron chi connectivity index (χ1n) is 8.24. The maximum Gasteiger partial charge on any atom is 0.320 e. The lowest BCUT2D eigenvalue weighted by molar-refractivity contribution is -0.385. The number of hydrogen-bond acceptors (Lipinski definition) is 5. The number of hydrogen-bond donors (Lipinski definition) is 1. The van der Waals surface area contributed by atoms with Crippen molar-refractivity contribution in [1.29, 1.82) is 0 Å². The summed E-state index contributed by atoms with van der Waals surface area (Å²) in [7, 11) is 1.54. The minimum Gasteiger partial charge on any atom is -0.346 e. The molecule has 1 aromatic heterocycles. The molecular weight excluding hydrogens is 298 g/mol. The predicted molar refractivity (Wildman–Crippen MR) is 84.1 cm³/mol. The van der Waals surface area contributed by atoms with E-state index in [9.17, 15) is 14.9 Å². The monoisotopic (exact) mass is 321 g/mol. The van der Waals surface area contributed by atoms with Crippen molar-refractivity contribution in [3.05, 3.63) is 22.0 Å². The average Bonchev–Trinajstić information content (AvgIpc) is 3.21. The Bertz CT molecular complexity index is 594. The van der Waals surface area contributed by atoms with Gasteiger partial charge < -0.3 is 10.2 Å². The van der Waals surface area contributed by atoms with Gasteiger partial charge in [0.15, 0.2) is 0 Å². The third-order valence-electron chi connectivity index (χ3n) is 4.93. The number of nitrogens with zero attached hydrogens (tertiary/aromatic N) is 4. The molecule has 0 aromatic carbocycles. The van der Waals surface area contributed by atoms with Crippen LogP contribution in [0.3, 0.4) is 0 Å². The van der Waals surface area contributed by atoms with Crippen molar-refractivity contribution in [1.82, 2.24) is 20.0 Å². The van der Waals surface area contributed by atoms with E-state index < -0.39 is 10.8 Å². The van der Waals surface area contributed by atoms with Crippen LogP contribution in [0, 0.1) is 16.0 Å². The molecule has 1 amide bonds. The Kier molecular flexibility index (Phi) is 4.61. The first-order chi connectivity index (χ1) is 11.0. The third kappa shape index (κ3) is 3.52. The number of carbonyl (C=O) groups is 1. The standard InChI is InChI=1S/C15H23N5O3/c1-18-14(13(8-16-18)20(22)23)15(21)17-12-6-7-19(10-12)9-11-4-2-3-5-11/h8,11-12H,2-7,9-10H2,1H3,(H,17,21)/t12-/m0/s1. The van der Waals surface area contributed by atoms with Gasteiger partial charge in [-0.15, -0.1) is 0 Å². The minimum atomic E-state index is -0.567. The highest BCUT2D eigenvalue weighted by Crippen LogP contribution is 2.26. The Labute approximate surface area is 135 Å². The lowest BCUT2D eigenvalue weighted by atomic mass is 10.1. The molecule has 0 bridgehead atoms. The zero-order valence-corrected chi connectivity index (χ0v) is 13.4. The summed E-state index contributed by atoms with van der Waals surface area (Å²) in [6.07, 6.45) is 7.31. The van der Waals surface area contributed by atoms with Crippen LogP contribution in [-0.4, -0.2) is 51.2 Å². The van der Waals surface area contributed by atoms with Crippen LogP contribution in [0.4, 0.5) is 5.69 Å². The number of aromatic nitrogens is 2. The largest absolute Gasteiger partial charge is 0.346 e. The first-order valence-corrected chi connectivity index (χ1v) is 8.24. The number of rotatable bonds is 5. The topological polar surface area (TPSA) is 93.3 Å². The predicted octanol–water partition coefficient (Wildman–Crippen LogP) is 1.32. The summed E-state index contributed by atoms with van der Waals surface area (Å²) in [6.45, 7) is 2.92. The van der Waals surface area contributed by atoms with Crippen molar-refractivity contribution >= 4 is 11.6 Å². The fourth-order valence-corrected chi connectivity index (χ4v) is 3.75. The molecule has 23 heavy (non-hydrogen) atoms. The van der Waals surface area contributed by atoms with E-state index in [1.165, 1.54) is 30.4 Å². The van der Waals surface area contributed by atoms with Gasteiger partial charge in [0, 0.05) is 32.7 Å². The van der Waals surface area contributed by atoms with Gasteiger partial charge in [-0.25, -0.2) is 0 Å². The Morgan fingerprint density at radius 1 is 1.43 bits per heavy atom. The molecular formula is C15H23N5O3. The highest BCUT2D eigenvalue weighted by Gasteiger charge is 2.30. The van der Waals surface area contributed by atoms with Crippen LogP contribution >= 0.6 is 0 Å². The second-order valence-electron chi connectivity index (χ2n) is 6.63. The Morgan fingerprint density at radius 3 is 2.87 bits per heavy atom. The van der Waals surface area contributed by atoms with Gasteiger partial charge in [0.2, 0.25) is 5.69 Å². The van der Waals surface area contributed by atoms with Gasteiger partial charge in [0.05, 0.1) is 4.92 Å². The van der Waals surface area contributed by atoms with Gasteiger partial charge >= 0.3 is 5.69 Å².